The zero-order chi connectivity index (χ0) is 23.2. The Kier molecular flexibility index (Phi) is 5.64. The number of nitrogens with one attached hydrogen (secondary N) is 1. The van der Waals surface area contributed by atoms with Crippen molar-refractivity contribution in [1.82, 2.24) is 14.3 Å². The summed E-state index contributed by atoms with van der Waals surface area (Å²) in [7, 11) is 14.0. The van der Waals surface area contributed by atoms with Gasteiger partial charge in [-0.15, -0.1) is 0 Å². The predicted molar refractivity (Wildman–Crippen MR) is 116 cm³/mol. The molecule has 0 unspecified atom stereocenters. The molecule has 0 saturated carbocycles. The molecule has 1 aromatic heterocycles. The van der Waals surface area contributed by atoms with E-state index in [0.717, 1.165) is 22.8 Å². The van der Waals surface area contributed by atoms with E-state index >= 15 is 0 Å². The molecule has 0 spiro atoms. The second-order valence-corrected chi connectivity index (χ2v) is 9.34. The SMILES string of the molecule is [B]C([B])([B])c1cnc(C(=O)Nc2ccc(F)c([C@]3(C)CS(=O)(=O)N(C)C(N)=N3)c2)cn1. The molecule has 14 heteroatoms. The third-order valence-electron chi connectivity index (χ3n) is 4.70. The number of sulfonamides is 1. The van der Waals surface area contributed by atoms with Crippen LogP contribution in [0.2, 0.25) is 0 Å². The van der Waals surface area contributed by atoms with Gasteiger partial charge in [-0.1, -0.05) is 5.11 Å². The van der Waals surface area contributed by atoms with E-state index in [-0.39, 0.29) is 28.6 Å². The van der Waals surface area contributed by atoms with Gasteiger partial charge >= 0.3 is 0 Å². The zero-order valence-electron chi connectivity index (χ0n) is 16.7. The highest BCUT2D eigenvalue weighted by Gasteiger charge is 2.41. The van der Waals surface area contributed by atoms with Gasteiger partial charge in [0.25, 0.3) is 5.91 Å². The van der Waals surface area contributed by atoms with E-state index in [1.807, 2.05) is 0 Å². The van der Waals surface area contributed by atoms with Crippen molar-refractivity contribution in [3.8, 4) is 0 Å². The van der Waals surface area contributed by atoms with E-state index < -0.39 is 38.2 Å². The minimum absolute atomic E-state index is 0.0504. The van der Waals surface area contributed by atoms with Gasteiger partial charge in [0.2, 0.25) is 16.0 Å². The van der Waals surface area contributed by atoms with Crippen LogP contribution in [0, 0.1) is 5.82 Å². The first kappa shape index (κ1) is 22.8. The summed E-state index contributed by atoms with van der Waals surface area (Å²) in [5.74, 6) is -2.13. The summed E-state index contributed by atoms with van der Waals surface area (Å²) in [6, 6.07) is 3.69. The van der Waals surface area contributed by atoms with Crippen molar-refractivity contribution in [3.63, 3.8) is 0 Å². The molecule has 0 bridgehead atoms. The van der Waals surface area contributed by atoms with Gasteiger partial charge in [0.15, 0.2) is 0 Å². The molecule has 1 aliphatic rings. The maximum atomic E-state index is 14.6. The molecular weight excluding hydrogens is 420 g/mol. The van der Waals surface area contributed by atoms with Crippen molar-refractivity contribution in [2.45, 2.75) is 17.6 Å². The molecule has 154 valence electrons. The lowest BCUT2D eigenvalue weighted by Gasteiger charge is -2.34. The molecule has 0 saturated heterocycles. The third kappa shape index (κ3) is 4.58. The molecule has 3 rings (SSSR count). The van der Waals surface area contributed by atoms with Gasteiger partial charge < -0.3 is 11.1 Å². The van der Waals surface area contributed by atoms with Gasteiger partial charge in [0.05, 0.1) is 35.5 Å². The quantitative estimate of drug-likeness (QED) is 0.610. The molecule has 1 aromatic carbocycles. The summed E-state index contributed by atoms with van der Waals surface area (Å²) < 4.78 is 40.2. The summed E-state index contributed by atoms with van der Waals surface area (Å²) >= 11 is 0. The van der Waals surface area contributed by atoms with Gasteiger partial charge in [-0.3, -0.25) is 9.78 Å². The number of carbonyl (C=O) groups excluding carboxylic acids is 1. The molecule has 3 N–H and O–H groups in total. The van der Waals surface area contributed by atoms with Crippen LogP contribution in [0.4, 0.5) is 10.1 Å². The summed E-state index contributed by atoms with van der Waals surface area (Å²) in [4.78, 5) is 24.4. The number of nitrogens with zero attached hydrogens (tertiary/aromatic N) is 4. The Morgan fingerprint density at radius 3 is 2.52 bits per heavy atom. The first-order valence-electron chi connectivity index (χ1n) is 8.85. The molecule has 1 atom stereocenters. The highest BCUT2D eigenvalue weighted by atomic mass is 32.2. The number of carbonyl (C=O) groups is 1. The molecular formula is C17H16B3FN6O3S. The summed E-state index contributed by atoms with van der Waals surface area (Å²) in [6.07, 6.45) is 2.29. The Morgan fingerprint density at radius 1 is 1.29 bits per heavy atom. The fraction of sp³-hybridized carbons (Fsp3) is 0.294. The Hall–Kier alpha value is -2.89. The van der Waals surface area contributed by atoms with Gasteiger partial charge in [-0.2, -0.15) is 0 Å². The van der Waals surface area contributed by atoms with Crippen LogP contribution in [-0.4, -0.2) is 70.9 Å². The monoisotopic (exact) mass is 436 g/mol. The highest BCUT2D eigenvalue weighted by molar-refractivity contribution is 7.89. The number of benzene rings is 1. The lowest BCUT2D eigenvalue weighted by Crippen LogP contribution is -2.50. The summed E-state index contributed by atoms with van der Waals surface area (Å²) in [6.45, 7) is 1.44. The highest BCUT2D eigenvalue weighted by Crippen LogP contribution is 2.34. The Bertz CT molecular complexity index is 1170. The molecule has 2 aromatic rings. The summed E-state index contributed by atoms with van der Waals surface area (Å²) in [5.41, 5.74) is 4.35. The number of hydrogen-bond donors (Lipinski definition) is 2. The molecule has 0 aliphatic carbocycles. The number of guanidine groups is 1. The van der Waals surface area contributed by atoms with E-state index in [9.17, 15) is 17.6 Å². The second-order valence-electron chi connectivity index (χ2n) is 7.34. The number of halogens is 1. The number of hydrogen-bond acceptors (Lipinski definition) is 7. The van der Waals surface area contributed by atoms with Crippen LogP contribution >= 0.6 is 0 Å². The third-order valence-corrected chi connectivity index (χ3v) is 6.65. The first-order chi connectivity index (χ1) is 14.2. The minimum atomic E-state index is -3.80. The Morgan fingerprint density at radius 2 is 1.97 bits per heavy atom. The standard InChI is InChI=1S/C17H16B3FN6O3S/c1-16(8-31(29,30)27(2)15(22)26-16)10-5-9(3-4-11(10)21)25-14(28)12-6-24-13(7-23-12)17(18,19)20/h3-7H,8H2,1-2H3,(H2,22,26)(H,25,28)/t16-/m0/s1. The molecule has 31 heavy (non-hydrogen) atoms. The van der Waals surface area contributed by atoms with Crippen molar-refractivity contribution < 1.29 is 17.6 Å². The van der Waals surface area contributed by atoms with Crippen LogP contribution in [0.1, 0.15) is 28.7 Å². The minimum Gasteiger partial charge on any atom is -0.369 e. The van der Waals surface area contributed by atoms with Crippen LogP contribution < -0.4 is 11.1 Å². The lowest BCUT2D eigenvalue weighted by atomic mass is 9.41. The molecule has 6 radical (unpaired) electrons. The van der Waals surface area contributed by atoms with Crippen molar-refractivity contribution >= 4 is 51.1 Å². The number of rotatable bonds is 4. The van der Waals surface area contributed by atoms with E-state index in [4.69, 9.17) is 29.3 Å². The van der Waals surface area contributed by atoms with Gasteiger partial charge in [-0.05, 0) is 25.1 Å². The van der Waals surface area contributed by atoms with Crippen LogP contribution in [0.3, 0.4) is 0 Å². The van der Waals surface area contributed by atoms with Crippen LogP contribution in [0.25, 0.3) is 0 Å². The number of aliphatic imine (C=N–C) groups is 1. The predicted octanol–water partition coefficient (Wildman–Crippen LogP) is -0.711. The van der Waals surface area contributed by atoms with E-state index in [0.29, 0.717) is 0 Å². The Labute approximate surface area is 183 Å². The fourth-order valence-electron chi connectivity index (χ4n) is 2.97. The molecule has 1 amide bonds. The average Bonchev–Trinajstić information content (AvgIpc) is 2.66. The second kappa shape index (κ2) is 7.67. The Balaban J connectivity index is 1.91. The fourth-order valence-corrected chi connectivity index (χ4v) is 4.42. The first-order valence-corrected chi connectivity index (χ1v) is 10.5. The van der Waals surface area contributed by atoms with Gasteiger partial charge in [-0.25, -0.2) is 27.1 Å². The summed E-state index contributed by atoms with van der Waals surface area (Å²) in [5, 5.41) is 0.831. The number of aromatic nitrogens is 2. The van der Waals surface area contributed by atoms with Crippen LogP contribution in [0.5, 0.6) is 0 Å². The lowest BCUT2D eigenvalue weighted by molar-refractivity contribution is 0.102. The van der Waals surface area contributed by atoms with Crippen molar-refractivity contribution in [2.24, 2.45) is 10.7 Å². The largest absolute Gasteiger partial charge is 0.369 e. The van der Waals surface area contributed by atoms with Crippen molar-refractivity contribution in [1.29, 1.82) is 0 Å². The maximum absolute atomic E-state index is 14.6. The molecule has 1 aliphatic heterocycles. The molecule has 2 heterocycles. The van der Waals surface area contributed by atoms with Gasteiger partial charge in [0.1, 0.15) is 17.1 Å². The van der Waals surface area contributed by atoms with Crippen LogP contribution in [-0.2, 0) is 20.7 Å². The van der Waals surface area contributed by atoms with Crippen molar-refractivity contribution in [3.05, 3.63) is 53.4 Å². The zero-order valence-corrected chi connectivity index (χ0v) is 17.5. The molecule has 9 nitrogen and oxygen atoms in total. The smallest absolute Gasteiger partial charge is 0.275 e. The molecule has 0 fully saturated rings. The average molecular weight is 436 g/mol. The van der Waals surface area contributed by atoms with Crippen molar-refractivity contribution in [2.75, 3.05) is 18.1 Å². The van der Waals surface area contributed by atoms with E-state index in [2.05, 4.69) is 20.3 Å². The number of anilines is 1. The van der Waals surface area contributed by atoms with E-state index in [1.165, 1.54) is 26.1 Å². The van der Waals surface area contributed by atoms with E-state index in [1.54, 1.807) is 0 Å². The normalized spacial score (nSPS) is 20.7. The van der Waals surface area contributed by atoms with Gasteiger partial charge in [0, 0.05) is 30.2 Å². The topological polar surface area (TPSA) is 131 Å². The van der Waals surface area contributed by atoms with Crippen LogP contribution in [0.15, 0.2) is 35.6 Å². The number of amides is 1. The number of nitrogens with two attached hydrogens (primary N) is 1. The maximum Gasteiger partial charge on any atom is 0.275 e.